The predicted molar refractivity (Wildman–Crippen MR) is 186 cm³/mol. The Balaban J connectivity index is 0.000000792. The molecule has 0 aromatic heterocycles. The first-order chi connectivity index (χ1) is 21.1. The lowest BCUT2D eigenvalue weighted by atomic mass is 9.69. The maximum Gasteiger partial charge on any atom is 0.0726 e. The molecule has 1 spiro atoms. The van der Waals surface area contributed by atoms with E-state index in [4.69, 9.17) is 0 Å². The van der Waals surface area contributed by atoms with Crippen LogP contribution in [0.5, 0.6) is 0 Å². The van der Waals surface area contributed by atoms with E-state index in [1.165, 1.54) is 77.9 Å². The molecule has 0 amide bonds. The number of benzene rings is 6. The van der Waals surface area contributed by atoms with E-state index in [0.29, 0.717) is 0 Å². The zero-order chi connectivity index (χ0) is 30.1. The molecular formula is C43H40. The fourth-order valence-electron chi connectivity index (χ4n) is 7.08. The van der Waals surface area contributed by atoms with Gasteiger partial charge < -0.3 is 0 Å². The van der Waals surface area contributed by atoms with Gasteiger partial charge in [0.1, 0.15) is 0 Å². The molecule has 0 aliphatic heterocycles. The van der Waals surface area contributed by atoms with Crippen molar-refractivity contribution in [2.45, 2.75) is 47.0 Å². The van der Waals surface area contributed by atoms with E-state index < -0.39 is 0 Å². The molecule has 0 bridgehead atoms. The maximum absolute atomic E-state index is 2.47. The minimum Gasteiger partial charge on any atom is -0.0683 e. The van der Waals surface area contributed by atoms with E-state index >= 15 is 0 Å². The van der Waals surface area contributed by atoms with Gasteiger partial charge >= 0.3 is 0 Å². The summed E-state index contributed by atoms with van der Waals surface area (Å²) in [7, 11) is 0. The lowest BCUT2D eigenvalue weighted by molar-refractivity contribution is 0.792. The highest BCUT2D eigenvalue weighted by Crippen LogP contribution is 2.63. The summed E-state index contributed by atoms with van der Waals surface area (Å²) in [5, 5.41) is 0. The quantitative estimate of drug-likeness (QED) is 0.199. The Morgan fingerprint density at radius 3 is 1.02 bits per heavy atom. The third kappa shape index (κ3) is 4.36. The molecule has 43 heavy (non-hydrogen) atoms. The van der Waals surface area contributed by atoms with E-state index in [1.54, 1.807) is 0 Å². The first-order valence-corrected chi connectivity index (χ1v) is 15.8. The van der Waals surface area contributed by atoms with Crippen molar-refractivity contribution < 1.29 is 0 Å². The highest BCUT2D eigenvalue weighted by molar-refractivity contribution is 5.97. The molecule has 0 nitrogen and oxygen atoms in total. The average molecular weight is 557 g/mol. The maximum atomic E-state index is 2.47. The molecular weight excluding hydrogens is 516 g/mol. The van der Waals surface area contributed by atoms with E-state index in [2.05, 4.69) is 147 Å². The fourth-order valence-corrected chi connectivity index (χ4v) is 7.08. The van der Waals surface area contributed by atoms with Crippen molar-refractivity contribution in [1.29, 1.82) is 0 Å². The van der Waals surface area contributed by atoms with Crippen LogP contribution in [0.1, 0.15) is 61.1 Å². The third-order valence-corrected chi connectivity index (χ3v) is 8.80. The second kappa shape index (κ2) is 11.5. The van der Waals surface area contributed by atoms with Crippen molar-refractivity contribution in [2.75, 3.05) is 0 Å². The second-order valence-corrected chi connectivity index (χ2v) is 11.1. The number of hydrogen-bond acceptors (Lipinski definition) is 0. The zero-order valence-electron chi connectivity index (χ0n) is 26.2. The Kier molecular flexibility index (Phi) is 7.63. The van der Waals surface area contributed by atoms with E-state index in [-0.39, 0.29) is 5.41 Å². The molecule has 6 aromatic rings. The van der Waals surface area contributed by atoms with Gasteiger partial charge in [-0.05, 0) is 92.7 Å². The van der Waals surface area contributed by atoms with Crippen LogP contribution in [-0.4, -0.2) is 0 Å². The van der Waals surface area contributed by atoms with Crippen molar-refractivity contribution in [3.63, 3.8) is 0 Å². The van der Waals surface area contributed by atoms with E-state index in [1.807, 2.05) is 27.7 Å². The molecule has 0 atom stereocenters. The van der Waals surface area contributed by atoms with Crippen LogP contribution in [0, 0.1) is 13.8 Å². The molecule has 2 aliphatic carbocycles. The largest absolute Gasteiger partial charge is 0.0726 e. The normalized spacial score (nSPS) is 12.6. The molecule has 0 unspecified atom stereocenters. The third-order valence-electron chi connectivity index (χ3n) is 8.80. The van der Waals surface area contributed by atoms with Crippen LogP contribution in [-0.2, 0) is 5.41 Å². The topological polar surface area (TPSA) is 0 Å². The Morgan fingerprint density at radius 1 is 0.326 bits per heavy atom. The van der Waals surface area contributed by atoms with Crippen molar-refractivity contribution in [3.8, 4) is 44.5 Å². The average Bonchev–Trinajstić information content (AvgIpc) is 3.52. The predicted octanol–water partition coefficient (Wildman–Crippen LogP) is 12.0. The minimum absolute atomic E-state index is 0.358. The van der Waals surface area contributed by atoms with Gasteiger partial charge in [0.15, 0.2) is 0 Å². The van der Waals surface area contributed by atoms with Crippen LogP contribution >= 0.6 is 0 Å². The molecule has 0 fully saturated rings. The molecule has 6 aromatic carbocycles. The van der Waals surface area contributed by atoms with Crippen LogP contribution in [0.25, 0.3) is 44.5 Å². The minimum atomic E-state index is -0.358. The summed E-state index contributed by atoms with van der Waals surface area (Å²) in [5.41, 5.74) is 18.2. The first kappa shape index (κ1) is 28.4. The first-order valence-electron chi connectivity index (χ1n) is 15.8. The summed E-state index contributed by atoms with van der Waals surface area (Å²) in [6, 6.07) is 49.9. The highest BCUT2D eigenvalue weighted by Gasteiger charge is 2.52. The summed E-state index contributed by atoms with van der Waals surface area (Å²) in [6.07, 6.45) is 0. The summed E-state index contributed by atoms with van der Waals surface area (Å²) < 4.78 is 0. The number of aryl methyl sites for hydroxylation is 2. The summed E-state index contributed by atoms with van der Waals surface area (Å²) in [4.78, 5) is 0. The molecule has 2 aliphatic rings. The van der Waals surface area contributed by atoms with Crippen molar-refractivity contribution in [2.24, 2.45) is 0 Å². The summed E-state index contributed by atoms with van der Waals surface area (Å²) in [6.45, 7) is 12.4. The van der Waals surface area contributed by atoms with Crippen molar-refractivity contribution in [1.82, 2.24) is 0 Å². The summed E-state index contributed by atoms with van der Waals surface area (Å²) >= 11 is 0. The van der Waals surface area contributed by atoms with E-state index in [9.17, 15) is 0 Å². The standard InChI is InChI=1S/C39H28.2C2H6/c1-25-13-17-31-32-18-14-26(2)22-36(32)39(35(31)21-25)37-23-29(27-9-5-3-6-10-27)15-19-33(37)34-20-16-30(24-38(34)39)28-11-7-4-8-12-28;2*1-2/h3-24H,1-2H3;2*1-2H3. The van der Waals surface area contributed by atoms with Gasteiger partial charge in [0.05, 0.1) is 5.41 Å². The lowest BCUT2D eigenvalue weighted by Gasteiger charge is -2.31. The van der Waals surface area contributed by atoms with Gasteiger partial charge in [0.2, 0.25) is 0 Å². The van der Waals surface area contributed by atoms with Crippen LogP contribution in [0.3, 0.4) is 0 Å². The Bertz CT molecular complexity index is 1770. The monoisotopic (exact) mass is 556 g/mol. The Labute approximate surface area is 257 Å². The Hall–Kier alpha value is -4.68. The molecule has 0 saturated heterocycles. The zero-order valence-corrected chi connectivity index (χ0v) is 26.2. The molecule has 0 radical (unpaired) electrons. The summed E-state index contributed by atoms with van der Waals surface area (Å²) in [5.74, 6) is 0. The van der Waals surface area contributed by atoms with Crippen LogP contribution in [0.2, 0.25) is 0 Å². The number of rotatable bonds is 2. The van der Waals surface area contributed by atoms with Crippen molar-refractivity contribution >= 4 is 0 Å². The molecule has 0 heteroatoms. The van der Waals surface area contributed by atoms with Crippen LogP contribution in [0.15, 0.2) is 133 Å². The van der Waals surface area contributed by atoms with Gasteiger partial charge in [-0.2, -0.15) is 0 Å². The van der Waals surface area contributed by atoms with Gasteiger partial charge in [-0.1, -0.05) is 160 Å². The van der Waals surface area contributed by atoms with E-state index in [0.717, 1.165) is 0 Å². The van der Waals surface area contributed by atoms with Crippen molar-refractivity contribution in [3.05, 3.63) is 167 Å². The molecule has 0 heterocycles. The molecule has 212 valence electrons. The molecule has 8 rings (SSSR count). The second-order valence-electron chi connectivity index (χ2n) is 11.1. The van der Waals surface area contributed by atoms with Gasteiger partial charge in [0, 0.05) is 0 Å². The van der Waals surface area contributed by atoms with Gasteiger partial charge in [-0.25, -0.2) is 0 Å². The fraction of sp³-hybridized carbons (Fsp3) is 0.163. The van der Waals surface area contributed by atoms with Gasteiger partial charge in [-0.3, -0.25) is 0 Å². The number of fused-ring (bicyclic) bond motifs is 10. The van der Waals surface area contributed by atoms with Crippen LogP contribution < -0.4 is 0 Å². The van der Waals surface area contributed by atoms with Gasteiger partial charge in [0.25, 0.3) is 0 Å². The SMILES string of the molecule is CC.CC.Cc1ccc2c(c1)C1(c3cc(C)ccc3-2)c2cc(-c3ccccc3)ccc2-c2ccc(-c3ccccc3)cc21. The Morgan fingerprint density at radius 2 is 0.651 bits per heavy atom. The highest BCUT2D eigenvalue weighted by atomic mass is 14.5. The lowest BCUT2D eigenvalue weighted by Crippen LogP contribution is -2.26. The molecule has 0 saturated carbocycles. The van der Waals surface area contributed by atoms with Crippen LogP contribution in [0.4, 0.5) is 0 Å². The number of hydrogen-bond donors (Lipinski definition) is 0. The smallest absolute Gasteiger partial charge is 0.0683 e. The molecule has 0 N–H and O–H groups in total. The van der Waals surface area contributed by atoms with Gasteiger partial charge in [-0.15, -0.1) is 0 Å².